The second kappa shape index (κ2) is 5.28. The second-order valence-electron chi connectivity index (χ2n) is 5.05. The van der Waals surface area contributed by atoms with Gasteiger partial charge in [0.1, 0.15) is 0 Å². The molecule has 0 bridgehead atoms. The predicted octanol–water partition coefficient (Wildman–Crippen LogP) is 1.24. The fraction of sp³-hybridized carbons (Fsp3) is 1.00. The van der Waals surface area contributed by atoms with Gasteiger partial charge in [-0.25, -0.2) is 0 Å². The van der Waals surface area contributed by atoms with Crippen LogP contribution >= 0.6 is 0 Å². The first kappa shape index (κ1) is 11.4. The van der Waals surface area contributed by atoms with Gasteiger partial charge in [-0.05, 0) is 33.1 Å². The smallest absolute Gasteiger partial charge is 0.0480 e. The number of hydrogen-bond acceptors (Lipinski definition) is 3. The fourth-order valence-corrected chi connectivity index (χ4v) is 2.78. The van der Waals surface area contributed by atoms with Crippen molar-refractivity contribution in [3.8, 4) is 0 Å². The average Bonchev–Trinajstić information content (AvgIpc) is 2.50. The molecule has 2 aliphatic heterocycles. The minimum Gasteiger partial charge on any atom is -0.381 e. The second-order valence-corrected chi connectivity index (χ2v) is 5.05. The standard InChI is InChI=1S/C12H24N2O/c1-10-9-14(11(2)8-13-10)12-4-3-6-15-7-5-12/h10-13H,3-9H2,1-2H3. The van der Waals surface area contributed by atoms with Crippen molar-refractivity contribution in [1.82, 2.24) is 10.2 Å². The molecule has 2 rings (SSSR count). The third kappa shape index (κ3) is 2.92. The first-order valence-electron chi connectivity index (χ1n) is 6.34. The Morgan fingerprint density at radius 2 is 2.07 bits per heavy atom. The van der Waals surface area contributed by atoms with Crippen LogP contribution in [0.25, 0.3) is 0 Å². The molecule has 15 heavy (non-hydrogen) atoms. The van der Waals surface area contributed by atoms with E-state index in [2.05, 4.69) is 24.1 Å². The molecule has 0 aliphatic carbocycles. The van der Waals surface area contributed by atoms with E-state index in [1.54, 1.807) is 0 Å². The third-order valence-corrected chi connectivity index (χ3v) is 3.70. The monoisotopic (exact) mass is 212 g/mol. The molecule has 3 unspecified atom stereocenters. The summed E-state index contributed by atoms with van der Waals surface area (Å²) in [7, 11) is 0. The molecular weight excluding hydrogens is 188 g/mol. The Morgan fingerprint density at radius 1 is 1.20 bits per heavy atom. The molecule has 0 saturated carbocycles. The van der Waals surface area contributed by atoms with Crippen LogP contribution in [0.3, 0.4) is 0 Å². The van der Waals surface area contributed by atoms with Gasteiger partial charge in [-0.3, -0.25) is 4.90 Å². The van der Waals surface area contributed by atoms with Crippen molar-refractivity contribution >= 4 is 0 Å². The predicted molar refractivity (Wildman–Crippen MR) is 62.1 cm³/mol. The Bertz CT molecular complexity index is 190. The lowest BCUT2D eigenvalue weighted by atomic mass is 10.0. The summed E-state index contributed by atoms with van der Waals surface area (Å²) in [6, 6.07) is 2.08. The van der Waals surface area contributed by atoms with Crippen molar-refractivity contribution in [2.75, 3.05) is 26.3 Å². The van der Waals surface area contributed by atoms with Gasteiger partial charge in [-0.15, -0.1) is 0 Å². The molecule has 3 atom stereocenters. The number of rotatable bonds is 1. The van der Waals surface area contributed by atoms with Crippen LogP contribution in [-0.4, -0.2) is 49.3 Å². The van der Waals surface area contributed by atoms with E-state index in [4.69, 9.17) is 4.74 Å². The third-order valence-electron chi connectivity index (χ3n) is 3.70. The van der Waals surface area contributed by atoms with Gasteiger partial charge in [0.05, 0.1) is 0 Å². The van der Waals surface area contributed by atoms with Gasteiger partial charge in [-0.2, -0.15) is 0 Å². The zero-order valence-corrected chi connectivity index (χ0v) is 10.0. The molecule has 1 N–H and O–H groups in total. The van der Waals surface area contributed by atoms with Crippen LogP contribution in [0.15, 0.2) is 0 Å². The normalized spacial score (nSPS) is 40.0. The Hall–Kier alpha value is -0.120. The van der Waals surface area contributed by atoms with Crippen molar-refractivity contribution < 1.29 is 4.74 Å². The minimum atomic E-state index is 0.644. The van der Waals surface area contributed by atoms with Gasteiger partial charge >= 0.3 is 0 Å². The van der Waals surface area contributed by atoms with Gasteiger partial charge in [0.15, 0.2) is 0 Å². The Morgan fingerprint density at radius 3 is 2.93 bits per heavy atom. The summed E-state index contributed by atoms with van der Waals surface area (Å²) in [6.07, 6.45) is 3.77. The van der Waals surface area contributed by atoms with Crippen LogP contribution in [0.4, 0.5) is 0 Å². The summed E-state index contributed by atoms with van der Waals surface area (Å²) in [6.45, 7) is 8.88. The van der Waals surface area contributed by atoms with E-state index in [1.807, 2.05) is 0 Å². The first-order chi connectivity index (χ1) is 7.27. The summed E-state index contributed by atoms with van der Waals surface area (Å²) in [4.78, 5) is 2.69. The molecule has 0 radical (unpaired) electrons. The number of hydrogen-bond donors (Lipinski definition) is 1. The first-order valence-corrected chi connectivity index (χ1v) is 6.34. The summed E-state index contributed by atoms with van der Waals surface area (Å²) in [5.74, 6) is 0. The lowest BCUT2D eigenvalue weighted by Crippen LogP contribution is -2.57. The average molecular weight is 212 g/mol. The molecule has 0 aromatic carbocycles. The van der Waals surface area contributed by atoms with Gasteiger partial charge in [0, 0.05) is 44.4 Å². The molecule has 0 spiro atoms. The maximum Gasteiger partial charge on any atom is 0.0480 e. The highest BCUT2D eigenvalue weighted by atomic mass is 16.5. The highest BCUT2D eigenvalue weighted by Gasteiger charge is 2.28. The molecule has 88 valence electrons. The highest BCUT2D eigenvalue weighted by molar-refractivity contribution is 4.86. The number of nitrogens with zero attached hydrogens (tertiary/aromatic N) is 1. The topological polar surface area (TPSA) is 24.5 Å². The lowest BCUT2D eigenvalue weighted by Gasteiger charge is -2.42. The maximum absolute atomic E-state index is 5.54. The van der Waals surface area contributed by atoms with Crippen LogP contribution in [-0.2, 0) is 4.74 Å². The van der Waals surface area contributed by atoms with E-state index in [1.165, 1.54) is 25.8 Å². The van der Waals surface area contributed by atoms with Gasteiger partial charge in [0.2, 0.25) is 0 Å². The lowest BCUT2D eigenvalue weighted by molar-refractivity contribution is 0.0785. The van der Waals surface area contributed by atoms with Crippen molar-refractivity contribution in [2.24, 2.45) is 0 Å². The molecular formula is C12H24N2O. The Labute approximate surface area is 93.2 Å². The Balaban J connectivity index is 1.93. The van der Waals surface area contributed by atoms with E-state index in [0.717, 1.165) is 25.8 Å². The Kier molecular flexibility index (Phi) is 4.00. The zero-order chi connectivity index (χ0) is 10.7. The summed E-state index contributed by atoms with van der Waals surface area (Å²) in [5.41, 5.74) is 0. The van der Waals surface area contributed by atoms with Crippen molar-refractivity contribution in [1.29, 1.82) is 0 Å². The number of nitrogens with one attached hydrogen (secondary N) is 1. The number of piperazine rings is 1. The quantitative estimate of drug-likeness (QED) is 0.708. The molecule has 0 amide bonds. The largest absolute Gasteiger partial charge is 0.381 e. The fourth-order valence-electron chi connectivity index (χ4n) is 2.78. The van der Waals surface area contributed by atoms with Crippen molar-refractivity contribution in [2.45, 2.75) is 51.2 Å². The summed E-state index contributed by atoms with van der Waals surface area (Å²) in [5, 5.41) is 3.54. The van der Waals surface area contributed by atoms with Crippen LogP contribution in [0.1, 0.15) is 33.1 Å². The number of ether oxygens (including phenoxy) is 1. The molecule has 2 heterocycles. The molecule has 2 saturated heterocycles. The maximum atomic E-state index is 5.54. The van der Waals surface area contributed by atoms with Crippen LogP contribution in [0.5, 0.6) is 0 Å². The highest BCUT2D eigenvalue weighted by Crippen LogP contribution is 2.20. The molecule has 2 aliphatic rings. The van der Waals surface area contributed by atoms with E-state index >= 15 is 0 Å². The van der Waals surface area contributed by atoms with Crippen LogP contribution in [0.2, 0.25) is 0 Å². The SMILES string of the molecule is CC1CN(C2CCCOCC2)C(C)CN1. The van der Waals surface area contributed by atoms with E-state index in [0.29, 0.717) is 12.1 Å². The van der Waals surface area contributed by atoms with Gasteiger partial charge in [0.25, 0.3) is 0 Å². The summed E-state index contributed by atoms with van der Waals surface area (Å²) >= 11 is 0. The van der Waals surface area contributed by atoms with E-state index in [-0.39, 0.29) is 0 Å². The molecule has 2 fully saturated rings. The van der Waals surface area contributed by atoms with E-state index < -0.39 is 0 Å². The molecule has 0 aromatic rings. The van der Waals surface area contributed by atoms with Crippen molar-refractivity contribution in [3.05, 3.63) is 0 Å². The van der Waals surface area contributed by atoms with Crippen LogP contribution < -0.4 is 5.32 Å². The molecule has 3 nitrogen and oxygen atoms in total. The van der Waals surface area contributed by atoms with E-state index in [9.17, 15) is 0 Å². The molecule has 3 heteroatoms. The molecule has 0 aromatic heterocycles. The minimum absolute atomic E-state index is 0.644. The van der Waals surface area contributed by atoms with Crippen molar-refractivity contribution in [3.63, 3.8) is 0 Å². The van der Waals surface area contributed by atoms with Gasteiger partial charge in [-0.1, -0.05) is 0 Å². The zero-order valence-electron chi connectivity index (χ0n) is 10.0. The van der Waals surface area contributed by atoms with Crippen LogP contribution in [0, 0.1) is 0 Å². The van der Waals surface area contributed by atoms with Gasteiger partial charge < -0.3 is 10.1 Å². The summed E-state index contributed by atoms with van der Waals surface area (Å²) < 4.78 is 5.54.